The van der Waals surface area contributed by atoms with Gasteiger partial charge < -0.3 is 24.6 Å². The molecule has 1 N–H and O–H groups in total. The van der Waals surface area contributed by atoms with Gasteiger partial charge >= 0.3 is 0 Å². The highest BCUT2D eigenvalue weighted by molar-refractivity contribution is 6.32. The van der Waals surface area contributed by atoms with E-state index in [4.69, 9.17) is 21.1 Å². The van der Waals surface area contributed by atoms with Crippen molar-refractivity contribution < 1.29 is 19.1 Å². The first-order chi connectivity index (χ1) is 23.2. The summed E-state index contributed by atoms with van der Waals surface area (Å²) in [5.74, 6) is 1.58. The summed E-state index contributed by atoms with van der Waals surface area (Å²) in [4.78, 5) is 31.0. The van der Waals surface area contributed by atoms with Gasteiger partial charge in [-0.1, -0.05) is 67.4 Å². The molecule has 2 bridgehead atoms. The minimum absolute atomic E-state index is 0.0525. The average Bonchev–Trinajstić information content (AvgIpc) is 3.93. The number of nitrogens with zero attached hydrogens (tertiary/aromatic N) is 2. The summed E-state index contributed by atoms with van der Waals surface area (Å²) < 4.78 is 12.0. The Morgan fingerprint density at radius 1 is 0.938 bits per heavy atom. The first kappa shape index (κ1) is 34.1. The van der Waals surface area contributed by atoms with Gasteiger partial charge in [0.25, 0.3) is 5.91 Å². The Balaban J connectivity index is 1.18. The largest absolute Gasteiger partial charge is 0.490 e. The molecule has 3 aliphatic rings. The number of hydrogen-bond donors (Lipinski definition) is 1. The van der Waals surface area contributed by atoms with Crippen LogP contribution in [-0.2, 0) is 28.9 Å². The number of carbonyl (C=O) groups is 2. The first-order valence-corrected chi connectivity index (χ1v) is 17.9. The number of aryl methyl sites for hydroxylation is 3. The Kier molecular flexibility index (Phi) is 10.8. The highest BCUT2D eigenvalue weighted by Gasteiger charge is 2.42. The van der Waals surface area contributed by atoms with Gasteiger partial charge in [-0.25, -0.2) is 0 Å². The highest BCUT2D eigenvalue weighted by Crippen LogP contribution is 2.37. The van der Waals surface area contributed by atoms with Gasteiger partial charge in [-0.05, 0) is 97.5 Å². The molecule has 8 heteroatoms. The maximum atomic E-state index is 14.6. The zero-order valence-electron chi connectivity index (χ0n) is 28.7. The van der Waals surface area contributed by atoms with Crippen LogP contribution in [0.2, 0.25) is 5.02 Å². The molecule has 1 unspecified atom stereocenters. The van der Waals surface area contributed by atoms with E-state index in [1.807, 2.05) is 29.2 Å². The number of fused-ring (bicyclic) bond motifs is 2. The van der Waals surface area contributed by atoms with E-state index in [2.05, 4.69) is 67.4 Å². The summed E-state index contributed by atoms with van der Waals surface area (Å²) in [7, 11) is 0. The molecule has 3 aromatic carbocycles. The third-order valence-corrected chi connectivity index (χ3v) is 10.2. The molecule has 48 heavy (non-hydrogen) atoms. The first-order valence-electron chi connectivity index (χ1n) is 17.5. The topological polar surface area (TPSA) is 71.1 Å². The molecule has 1 aliphatic carbocycles. The summed E-state index contributed by atoms with van der Waals surface area (Å²) in [5, 5.41) is 4.32. The van der Waals surface area contributed by atoms with Crippen LogP contribution in [0.3, 0.4) is 0 Å². The molecular formula is C40H48ClN3O4. The van der Waals surface area contributed by atoms with Gasteiger partial charge in [0, 0.05) is 44.2 Å². The molecule has 7 nitrogen and oxygen atoms in total. The van der Waals surface area contributed by atoms with Crippen LogP contribution < -0.4 is 14.8 Å². The monoisotopic (exact) mass is 669 g/mol. The number of carbonyl (C=O) groups excluding carboxylic acids is 2. The standard InChI is InChI=1S/C40H48ClN3O4/c1-5-29-21-36(41)38(22-30(29)6-2)48-20-19-47-34-15-11-31(12-16-34)35-23-32-24-43(27(4)45)25-37(42-32)39(35)40(46)44(33-13-14-33)18-17-28-9-7-26(3)8-10-28/h7-12,15-16,21-22,32-33,37,42H,5-6,13-14,17-20,23-25H2,1-4H3/t32?,37-/m1/s1. The van der Waals surface area contributed by atoms with Crippen LogP contribution in [0.1, 0.15) is 67.9 Å². The van der Waals surface area contributed by atoms with E-state index in [-0.39, 0.29) is 29.9 Å². The Bertz CT molecular complexity index is 1650. The van der Waals surface area contributed by atoms with Crippen LogP contribution in [-0.4, -0.2) is 72.6 Å². The number of nitrogens with one attached hydrogen (secondary N) is 1. The second kappa shape index (κ2) is 15.2. The summed E-state index contributed by atoms with van der Waals surface area (Å²) in [5.41, 5.74) is 7.87. The number of rotatable bonds is 13. The molecule has 2 amide bonds. The van der Waals surface area contributed by atoms with Crippen LogP contribution in [0.5, 0.6) is 11.5 Å². The van der Waals surface area contributed by atoms with E-state index in [1.165, 1.54) is 22.3 Å². The van der Waals surface area contributed by atoms with Crippen molar-refractivity contribution in [3.05, 3.63) is 99.1 Å². The Hall–Kier alpha value is -3.81. The Labute approximate surface area is 290 Å². The van der Waals surface area contributed by atoms with E-state index in [0.717, 1.165) is 54.6 Å². The van der Waals surface area contributed by atoms with Crippen molar-refractivity contribution in [3.8, 4) is 11.5 Å². The third kappa shape index (κ3) is 7.90. The minimum Gasteiger partial charge on any atom is -0.490 e. The lowest BCUT2D eigenvalue weighted by molar-refractivity contribution is -0.132. The van der Waals surface area contributed by atoms with E-state index in [1.54, 1.807) is 6.92 Å². The predicted octanol–water partition coefficient (Wildman–Crippen LogP) is 6.81. The number of ether oxygens (including phenoxy) is 2. The van der Waals surface area contributed by atoms with Crippen molar-refractivity contribution in [1.29, 1.82) is 0 Å². The van der Waals surface area contributed by atoms with Crippen molar-refractivity contribution in [3.63, 3.8) is 0 Å². The number of amides is 2. The molecule has 2 heterocycles. The predicted molar refractivity (Wildman–Crippen MR) is 192 cm³/mol. The van der Waals surface area contributed by atoms with Crippen molar-refractivity contribution in [2.45, 2.75) is 84.3 Å². The second-order valence-electron chi connectivity index (χ2n) is 13.4. The summed E-state index contributed by atoms with van der Waals surface area (Å²) in [6.45, 7) is 10.6. The molecular weight excluding hydrogens is 622 g/mol. The van der Waals surface area contributed by atoms with Gasteiger partial charge in [0.15, 0.2) is 0 Å². The van der Waals surface area contributed by atoms with Crippen LogP contribution in [0.15, 0.2) is 66.2 Å². The fraction of sp³-hybridized carbons (Fsp3) is 0.450. The lowest BCUT2D eigenvalue weighted by Crippen LogP contribution is -2.62. The van der Waals surface area contributed by atoms with Crippen molar-refractivity contribution >= 4 is 29.0 Å². The third-order valence-electron chi connectivity index (χ3n) is 9.92. The smallest absolute Gasteiger partial charge is 0.252 e. The second-order valence-corrected chi connectivity index (χ2v) is 13.8. The van der Waals surface area contributed by atoms with Gasteiger partial charge in [-0.15, -0.1) is 0 Å². The van der Waals surface area contributed by atoms with Crippen LogP contribution in [0.4, 0.5) is 0 Å². The molecule has 2 aliphatic heterocycles. The Morgan fingerprint density at radius 2 is 1.62 bits per heavy atom. The molecule has 2 atom stereocenters. The van der Waals surface area contributed by atoms with Crippen molar-refractivity contribution in [2.75, 3.05) is 32.8 Å². The molecule has 0 radical (unpaired) electrons. The van der Waals surface area contributed by atoms with Gasteiger partial charge in [-0.3, -0.25) is 9.59 Å². The molecule has 3 aromatic rings. The van der Waals surface area contributed by atoms with Gasteiger partial charge in [0.05, 0.1) is 11.1 Å². The van der Waals surface area contributed by atoms with E-state index in [9.17, 15) is 9.59 Å². The number of hydrogen-bond acceptors (Lipinski definition) is 5. The molecule has 0 aromatic heterocycles. The number of halogens is 1. The van der Waals surface area contributed by atoms with Crippen LogP contribution in [0.25, 0.3) is 5.57 Å². The molecule has 1 saturated heterocycles. The number of benzene rings is 3. The zero-order chi connectivity index (χ0) is 33.8. The summed E-state index contributed by atoms with van der Waals surface area (Å²) in [6, 6.07) is 20.8. The van der Waals surface area contributed by atoms with Crippen LogP contribution >= 0.6 is 11.6 Å². The van der Waals surface area contributed by atoms with Gasteiger partial charge in [0.1, 0.15) is 24.7 Å². The quantitative estimate of drug-likeness (QED) is 0.203. The van der Waals surface area contributed by atoms with E-state index >= 15 is 0 Å². The van der Waals surface area contributed by atoms with Crippen LogP contribution in [0, 0.1) is 6.92 Å². The van der Waals surface area contributed by atoms with Gasteiger partial charge in [-0.2, -0.15) is 0 Å². The Morgan fingerprint density at radius 3 is 2.29 bits per heavy atom. The SMILES string of the molecule is CCc1cc(Cl)c(OCCOc2ccc(C3=C(C(=O)N(CCc4ccc(C)cc4)C4CC4)[C@H]4CN(C(C)=O)CC(C3)N4)cc2)cc1CC. The van der Waals surface area contributed by atoms with Crippen molar-refractivity contribution in [2.24, 2.45) is 0 Å². The lowest BCUT2D eigenvalue weighted by atomic mass is 9.82. The maximum Gasteiger partial charge on any atom is 0.252 e. The zero-order valence-corrected chi connectivity index (χ0v) is 29.4. The van der Waals surface area contributed by atoms with E-state index < -0.39 is 0 Å². The van der Waals surface area contributed by atoms with Gasteiger partial charge in [0.2, 0.25) is 5.91 Å². The average molecular weight is 670 g/mol. The molecule has 6 rings (SSSR count). The maximum absolute atomic E-state index is 14.6. The molecule has 1 saturated carbocycles. The highest BCUT2D eigenvalue weighted by atomic mass is 35.5. The lowest BCUT2D eigenvalue weighted by Gasteiger charge is -2.44. The molecule has 254 valence electrons. The summed E-state index contributed by atoms with van der Waals surface area (Å²) >= 11 is 6.49. The minimum atomic E-state index is -0.205. The fourth-order valence-corrected chi connectivity index (χ4v) is 7.33. The van der Waals surface area contributed by atoms with E-state index in [0.29, 0.717) is 50.0 Å². The fourth-order valence-electron chi connectivity index (χ4n) is 7.09. The number of piperazine rings is 1. The molecule has 2 fully saturated rings. The normalized spacial score (nSPS) is 18.9. The summed E-state index contributed by atoms with van der Waals surface area (Å²) in [6.07, 6.45) is 5.45. The van der Waals surface area contributed by atoms with Crippen molar-refractivity contribution in [1.82, 2.24) is 15.1 Å². The molecule has 0 spiro atoms.